The summed E-state index contributed by atoms with van der Waals surface area (Å²) in [5, 5.41) is 2.80. The Balaban J connectivity index is 1.54. The van der Waals surface area contributed by atoms with Gasteiger partial charge in [0.2, 0.25) is 0 Å². The Kier molecular flexibility index (Phi) is 6.61. The molecule has 170 valence electrons. The fourth-order valence-corrected chi connectivity index (χ4v) is 6.06. The summed E-state index contributed by atoms with van der Waals surface area (Å²) in [5.41, 5.74) is 5.68. The quantitative estimate of drug-likeness (QED) is 0.505. The summed E-state index contributed by atoms with van der Waals surface area (Å²) in [6.07, 6.45) is 8.26. The molecule has 0 aromatic heterocycles. The van der Waals surface area contributed by atoms with Crippen LogP contribution in [0, 0.1) is 5.92 Å². The van der Waals surface area contributed by atoms with Crippen molar-refractivity contribution in [3.63, 3.8) is 0 Å². The highest BCUT2D eigenvalue weighted by atomic mass is 35.5. The van der Waals surface area contributed by atoms with E-state index in [0.717, 1.165) is 42.1 Å². The van der Waals surface area contributed by atoms with E-state index in [1.807, 2.05) is 23.2 Å². The average molecular weight is 502 g/mol. The Hall–Kier alpha value is -2.12. The smallest absolute Gasteiger partial charge is 0.265 e. The Morgan fingerprint density at radius 2 is 1.94 bits per heavy atom. The zero-order chi connectivity index (χ0) is 22.9. The van der Waals surface area contributed by atoms with Gasteiger partial charge in [0.1, 0.15) is 5.83 Å². The predicted molar refractivity (Wildman–Crippen MR) is 133 cm³/mol. The monoisotopic (exact) mass is 501 g/mol. The number of carbonyl (C=O) groups is 1. The SMILES string of the molecule is O=C(NN1CCCCC1)c1ccc2c(c1)N=C(c1ccc(Cl)cc1Cl)C1C=CC(F)=CC1S2. The maximum atomic E-state index is 14.1. The summed E-state index contributed by atoms with van der Waals surface area (Å²) in [7, 11) is 0. The van der Waals surface area contributed by atoms with Gasteiger partial charge in [-0.25, -0.2) is 9.40 Å². The number of rotatable bonds is 3. The average Bonchev–Trinajstić information content (AvgIpc) is 2.95. The molecule has 8 heteroatoms. The van der Waals surface area contributed by atoms with Crippen molar-refractivity contribution in [3.8, 4) is 0 Å². The van der Waals surface area contributed by atoms with E-state index >= 15 is 0 Å². The second-order valence-corrected chi connectivity index (χ2v) is 10.4. The second kappa shape index (κ2) is 9.63. The molecule has 0 spiro atoms. The molecule has 2 aliphatic heterocycles. The van der Waals surface area contributed by atoms with Crippen LogP contribution in [-0.2, 0) is 0 Å². The van der Waals surface area contributed by atoms with Crippen molar-refractivity contribution in [1.29, 1.82) is 0 Å². The highest BCUT2D eigenvalue weighted by Crippen LogP contribution is 2.44. The summed E-state index contributed by atoms with van der Waals surface area (Å²) < 4.78 is 14.1. The Bertz CT molecular complexity index is 1190. The minimum Gasteiger partial charge on any atom is -0.285 e. The van der Waals surface area contributed by atoms with Crippen LogP contribution in [0.15, 0.2) is 70.3 Å². The molecule has 1 N–H and O–H groups in total. The lowest BCUT2D eigenvalue weighted by Gasteiger charge is -2.26. The van der Waals surface area contributed by atoms with E-state index in [1.54, 1.807) is 30.3 Å². The number of fused-ring (bicyclic) bond motifs is 2. The first-order valence-corrected chi connectivity index (χ1v) is 12.6. The molecule has 4 nitrogen and oxygen atoms in total. The van der Waals surface area contributed by atoms with Gasteiger partial charge in [0, 0.05) is 45.3 Å². The lowest BCUT2D eigenvalue weighted by Crippen LogP contribution is -2.45. The van der Waals surface area contributed by atoms with Gasteiger partial charge in [-0.15, -0.1) is 11.8 Å². The van der Waals surface area contributed by atoms with Crippen LogP contribution in [0.1, 0.15) is 35.2 Å². The van der Waals surface area contributed by atoms with Crippen molar-refractivity contribution < 1.29 is 9.18 Å². The van der Waals surface area contributed by atoms with E-state index in [4.69, 9.17) is 28.2 Å². The number of hydrogen-bond donors (Lipinski definition) is 1. The molecule has 1 amide bonds. The third-order valence-corrected chi connectivity index (χ3v) is 7.85. The van der Waals surface area contributed by atoms with E-state index in [2.05, 4.69) is 5.43 Å². The van der Waals surface area contributed by atoms with E-state index in [0.29, 0.717) is 21.3 Å². The summed E-state index contributed by atoms with van der Waals surface area (Å²) in [5.74, 6) is -0.601. The molecule has 3 aliphatic rings. The maximum absolute atomic E-state index is 14.1. The topological polar surface area (TPSA) is 44.7 Å². The zero-order valence-corrected chi connectivity index (χ0v) is 20.1. The van der Waals surface area contributed by atoms with Crippen molar-refractivity contribution in [3.05, 3.63) is 81.6 Å². The van der Waals surface area contributed by atoms with Gasteiger partial charge in [-0.2, -0.15) is 0 Å². The number of halogens is 3. The number of hydrogen-bond acceptors (Lipinski definition) is 4. The minimum atomic E-state index is -0.272. The number of piperidine rings is 1. The Labute approximate surface area is 206 Å². The molecule has 0 radical (unpaired) electrons. The van der Waals surface area contributed by atoms with Crippen LogP contribution in [-0.4, -0.2) is 35.0 Å². The minimum absolute atomic E-state index is 0.154. The van der Waals surface area contributed by atoms with Gasteiger partial charge in [-0.3, -0.25) is 15.2 Å². The molecule has 0 saturated carbocycles. The molecular formula is C25H22Cl2FN3OS. The summed E-state index contributed by atoms with van der Waals surface area (Å²) in [6.45, 7) is 1.72. The summed E-state index contributed by atoms with van der Waals surface area (Å²) >= 11 is 14.2. The van der Waals surface area contributed by atoms with Gasteiger partial charge in [0.05, 0.1) is 16.4 Å². The Morgan fingerprint density at radius 3 is 2.73 bits per heavy atom. The third-order valence-electron chi connectivity index (χ3n) is 6.00. The number of nitrogens with zero attached hydrogens (tertiary/aromatic N) is 2. The predicted octanol–water partition coefficient (Wildman–Crippen LogP) is 6.76. The van der Waals surface area contributed by atoms with E-state index in [-0.39, 0.29) is 22.9 Å². The van der Waals surface area contributed by atoms with Gasteiger partial charge in [-0.05, 0) is 55.3 Å². The van der Waals surface area contributed by atoms with Crippen molar-refractivity contribution in [2.75, 3.05) is 13.1 Å². The Morgan fingerprint density at radius 1 is 1.12 bits per heavy atom. The van der Waals surface area contributed by atoms with Crippen LogP contribution >= 0.6 is 35.0 Å². The fourth-order valence-electron chi connectivity index (χ4n) is 4.32. The lowest BCUT2D eigenvalue weighted by molar-refractivity contribution is 0.0750. The van der Waals surface area contributed by atoms with Crippen molar-refractivity contribution in [1.82, 2.24) is 10.4 Å². The number of benzene rings is 2. The number of carbonyl (C=O) groups excluding carboxylic acids is 1. The van der Waals surface area contributed by atoms with E-state index in [1.165, 1.54) is 24.3 Å². The molecule has 1 fully saturated rings. The number of amides is 1. The van der Waals surface area contributed by atoms with Gasteiger partial charge < -0.3 is 0 Å². The number of thioether (sulfide) groups is 1. The third kappa shape index (κ3) is 4.90. The molecule has 0 bridgehead atoms. The largest absolute Gasteiger partial charge is 0.285 e. The van der Waals surface area contributed by atoms with Crippen LogP contribution in [0.25, 0.3) is 0 Å². The number of nitrogens with one attached hydrogen (secondary N) is 1. The van der Waals surface area contributed by atoms with Gasteiger partial charge in [0.15, 0.2) is 0 Å². The second-order valence-electron chi connectivity index (χ2n) is 8.31. The van der Waals surface area contributed by atoms with Gasteiger partial charge in [0.25, 0.3) is 5.91 Å². The molecular weight excluding hydrogens is 480 g/mol. The van der Waals surface area contributed by atoms with Crippen LogP contribution in [0.5, 0.6) is 0 Å². The van der Waals surface area contributed by atoms with Crippen molar-refractivity contribution in [2.24, 2.45) is 10.9 Å². The zero-order valence-electron chi connectivity index (χ0n) is 17.7. The van der Waals surface area contributed by atoms with E-state index in [9.17, 15) is 9.18 Å². The first-order chi connectivity index (χ1) is 16.0. The van der Waals surface area contributed by atoms with E-state index < -0.39 is 0 Å². The van der Waals surface area contributed by atoms with Crippen LogP contribution in [0.2, 0.25) is 10.0 Å². The molecule has 2 aromatic rings. The van der Waals surface area contributed by atoms with Gasteiger partial charge in [-0.1, -0.05) is 41.8 Å². The molecule has 33 heavy (non-hydrogen) atoms. The first-order valence-electron chi connectivity index (χ1n) is 10.9. The van der Waals surface area contributed by atoms with Crippen molar-refractivity contribution in [2.45, 2.75) is 29.4 Å². The van der Waals surface area contributed by atoms with Crippen molar-refractivity contribution >= 4 is 52.3 Å². The molecule has 1 aliphatic carbocycles. The highest BCUT2D eigenvalue weighted by molar-refractivity contribution is 8.00. The molecule has 2 heterocycles. The van der Waals surface area contributed by atoms with Crippen LogP contribution in [0.4, 0.5) is 10.1 Å². The molecule has 2 atom stereocenters. The number of allylic oxidation sites excluding steroid dienone is 3. The van der Waals surface area contributed by atoms with Crippen LogP contribution in [0.3, 0.4) is 0 Å². The molecule has 2 aromatic carbocycles. The summed E-state index contributed by atoms with van der Waals surface area (Å²) in [6, 6.07) is 10.8. The first kappa shape index (κ1) is 22.7. The normalized spacial score (nSPS) is 22.5. The lowest BCUT2D eigenvalue weighted by atomic mass is 9.90. The maximum Gasteiger partial charge on any atom is 0.265 e. The number of hydrazine groups is 1. The van der Waals surface area contributed by atoms with Gasteiger partial charge >= 0.3 is 0 Å². The molecule has 2 unspecified atom stereocenters. The highest BCUT2D eigenvalue weighted by Gasteiger charge is 2.32. The summed E-state index contributed by atoms with van der Waals surface area (Å²) in [4.78, 5) is 18.8. The molecule has 5 rings (SSSR count). The fraction of sp³-hybridized carbons (Fsp3) is 0.280. The number of aliphatic imine (C=N–C) groups is 1. The molecule has 1 saturated heterocycles. The van der Waals surface area contributed by atoms with Crippen LogP contribution < -0.4 is 5.43 Å². The standard InChI is InChI=1S/C25H22Cl2FN3OS/c26-16-5-7-18(20(27)13-16)24-19-8-6-17(28)14-23(19)33-22-9-4-15(12-21(22)29-24)25(32)30-31-10-2-1-3-11-31/h4-9,12-14,19,23H,1-3,10-11H2,(H,30,32).